The van der Waals surface area contributed by atoms with Crippen molar-refractivity contribution in [1.29, 1.82) is 5.26 Å². The van der Waals surface area contributed by atoms with Crippen molar-refractivity contribution in [3.63, 3.8) is 0 Å². The molecular weight excluding hydrogens is 230 g/mol. The van der Waals surface area contributed by atoms with Crippen LogP contribution in [0.5, 0.6) is 0 Å². The molecule has 0 unspecified atom stereocenters. The van der Waals surface area contributed by atoms with Gasteiger partial charge in [0, 0.05) is 17.8 Å². The van der Waals surface area contributed by atoms with Crippen molar-refractivity contribution in [3.8, 4) is 6.07 Å². The number of rotatable bonds is 2. The van der Waals surface area contributed by atoms with Gasteiger partial charge in [-0.2, -0.15) is 5.26 Å². The first-order valence-electron chi connectivity index (χ1n) is 6.50. The number of ketones is 2. The van der Waals surface area contributed by atoms with Crippen LogP contribution in [0, 0.1) is 34.0 Å². The quantitative estimate of drug-likeness (QED) is 0.804. The van der Waals surface area contributed by atoms with E-state index in [4.69, 9.17) is 0 Å². The molecule has 0 bridgehead atoms. The third-order valence-electron chi connectivity index (χ3n) is 5.31. The SMILES string of the molecule is C[C@@H]1CC[C@]2(C#N)CCC(=O)[C@@H]2[C@]1(C)C(=O)CO. The van der Waals surface area contributed by atoms with E-state index in [-0.39, 0.29) is 17.5 Å². The zero-order valence-electron chi connectivity index (χ0n) is 10.9. The van der Waals surface area contributed by atoms with Crippen LogP contribution in [0.2, 0.25) is 0 Å². The summed E-state index contributed by atoms with van der Waals surface area (Å²) in [5.74, 6) is -0.772. The second-order valence-electron chi connectivity index (χ2n) is 5.97. The van der Waals surface area contributed by atoms with Crippen molar-refractivity contribution in [2.45, 2.75) is 39.5 Å². The predicted octanol–water partition coefficient (Wildman–Crippen LogP) is 1.47. The fraction of sp³-hybridized carbons (Fsp3) is 0.786. The van der Waals surface area contributed by atoms with Crippen LogP contribution in [-0.4, -0.2) is 23.3 Å². The summed E-state index contributed by atoms with van der Waals surface area (Å²) < 4.78 is 0. The van der Waals surface area contributed by atoms with E-state index in [0.29, 0.717) is 19.3 Å². The van der Waals surface area contributed by atoms with Crippen molar-refractivity contribution in [1.82, 2.24) is 0 Å². The average Bonchev–Trinajstić information content (AvgIpc) is 2.72. The average molecular weight is 249 g/mol. The standard InChI is InChI=1S/C14H19NO3/c1-9-3-5-14(8-15)6-4-10(17)12(14)13(9,2)11(18)7-16/h9,12,16H,3-7H2,1-2H3/t9-,12-,13+,14-/m1/s1. The summed E-state index contributed by atoms with van der Waals surface area (Å²) in [5.41, 5.74) is -1.56. The first-order chi connectivity index (χ1) is 8.42. The van der Waals surface area contributed by atoms with Crippen LogP contribution < -0.4 is 0 Å². The minimum absolute atomic E-state index is 0.0207. The Morgan fingerprint density at radius 3 is 2.78 bits per heavy atom. The monoisotopic (exact) mass is 249 g/mol. The highest BCUT2D eigenvalue weighted by molar-refractivity contribution is 5.95. The fourth-order valence-corrected chi connectivity index (χ4v) is 3.96. The van der Waals surface area contributed by atoms with Crippen molar-refractivity contribution >= 4 is 11.6 Å². The highest BCUT2D eigenvalue weighted by atomic mass is 16.3. The molecule has 0 aliphatic heterocycles. The van der Waals surface area contributed by atoms with Gasteiger partial charge in [0.15, 0.2) is 5.78 Å². The third kappa shape index (κ3) is 1.47. The topological polar surface area (TPSA) is 78.2 Å². The lowest BCUT2D eigenvalue weighted by Crippen LogP contribution is -2.53. The smallest absolute Gasteiger partial charge is 0.165 e. The van der Waals surface area contributed by atoms with E-state index in [2.05, 4.69) is 6.07 Å². The van der Waals surface area contributed by atoms with Crippen molar-refractivity contribution in [3.05, 3.63) is 0 Å². The molecule has 4 heteroatoms. The maximum Gasteiger partial charge on any atom is 0.165 e. The first kappa shape index (κ1) is 13.2. The molecule has 0 aromatic heterocycles. The van der Waals surface area contributed by atoms with Gasteiger partial charge in [-0.05, 0) is 25.2 Å². The van der Waals surface area contributed by atoms with Gasteiger partial charge in [0.25, 0.3) is 0 Å². The molecule has 0 amide bonds. The molecule has 0 saturated heterocycles. The van der Waals surface area contributed by atoms with Crippen LogP contribution in [0.4, 0.5) is 0 Å². The molecule has 0 aromatic carbocycles. The Hall–Kier alpha value is -1.21. The molecule has 2 aliphatic carbocycles. The van der Waals surface area contributed by atoms with Crippen LogP contribution in [0.25, 0.3) is 0 Å². The maximum absolute atomic E-state index is 12.2. The van der Waals surface area contributed by atoms with Gasteiger partial charge in [-0.25, -0.2) is 0 Å². The van der Waals surface area contributed by atoms with Gasteiger partial charge in [-0.15, -0.1) is 0 Å². The summed E-state index contributed by atoms with van der Waals surface area (Å²) in [6.45, 7) is 3.15. The van der Waals surface area contributed by atoms with E-state index in [0.717, 1.165) is 6.42 Å². The van der Waals surface area contributed by atoms with E-state index in [9.17, 15) is 20.0 Å². The molecule has 2 rings (SSSR count). The Kier molecular flexibility index (Phi) is 3.06. The number of nitriles is 1. The number of hydrogen-bond acceptors (Lipinski definition) is 4. The lowest BCUT2D eigenvalue weighted by atomic mass is 9.51. The highest BCUT2D eigenvalue weighted by Crippen LogP contribution is 2.60. The largest absolute Gasteiger partial charge is 0.389 e. The molecule has 2 aliphatic rings. The molecular formula is C14H19NO3. The van der Waals surface area contributed by atoms with Crippen LogP contribution in [0.15, 0.2) is 0 Å². The number of aliphatic hydroxyl groups excluding tert-OH is 1. The van der Waals surface area contributed by atoms with E-state index in [1.54, 1.807) is 6.92 Å². The van der Waals surface area contributed by atoms with E-state index in [1.807, 2.05) is 6.92 Å². The van der Waals surface area contributed by atoms with Gasteiger partial charge in [0.1, 0.15) is 12.4 Å². The molecule has 0 spiro atoms. The number of fused-ring (bicyclic) bond motifs is 1. The zero-order chi connectivity index (χ0) is 13.6. The minimum atomic E-state index is -0.879. The van der Waals surface area contributed by atoms with Gasteiger partial charge in [-0.1, -0.05) is 13.8 Å². The van der Waals surface area contributed by atoms with Crippen LogP contribution in [0.3, 0.4) is 0 Å². The Balaban J connectivity index is 2.53. The highest BCUT2D eigenvalue weighted by Gasteiger charge is 2.63. The fourth-order valence-electron chi connectivity index (χ4n) is 3.96. The van der Waals surface area contributed by atoms with Gasteiger partial charge >= 0.3 is 0 Å². The number of Topliss-reactive ketones (excluding diaryl/α,β-unsaturated/α-hetero) is 2. The predicted molar refractivity (Wildman–Crippen MR) is 64.4 cm³/mol. The number of carbonyl (C=O) groups excluding carboxylic acids is 2. The number of hydrogen-bond donors (Lipinski definition) is 1. The molecule has 0 radical (unpaired) electrons. The summed E-state index contributed by atoms with van der Waals surface area (Å²) in [6, 6.07) is 2.31. The maximum atomic E-state index is 12.2. The molecule has 0 heterocycles. The Morgan fingerprint density at radius 1 is 1.56 bits per heavy atom. The normalized spacial score (nSPS) is 43.3. The lowest BCUT2D eigenvalue weighted by molar-refractivity contribution is -0.150. The van der Waals surface area contributed by atoms with Gasteiger partial charge in [-0.3, -0.25) is 9.59 Å². The molecule has 2 saturated carbocycles. The summed E-state index contributed by atoms with van der Waals surface area (Å²) in [7, 11) is 0. The number of aliphatic hydroxyl groups is 1. The Bertz CT molecular complexity index is 439. The van der Waals surface area contributed by atoms with Crippen molar-refractivity contribution in [2.24, 2.45) is 22.7 Å². The summed E-state index contributed by atoms with van der Waals surface area (Å²) >= 11 is 0. The summed E-state index contributed by atoms with van der Waals surface area (Å²) in [4.78, 5) is 24.3. The lowest BCUT2D eigenvalue weighted by Gasteiger charge is -2.48. The van der Waals surface area contributed by atoms with Gasteiger partial charge in [0.05, 0.1) is 11.5 Å². The molecule has 4 atom stereocenters. The summed E-state index contributed by atoms with van der Waals surface area (Å²) in [6.07, 6.45) is 2.40. The molecule has 2 fully saturated rings. The molecule has 18 heavy (non-hydrogen) atoms. The van der Waals surface area contributed by atoms with Crippen LogP contribution in [0.1, 0.15) is 39.5 Å². The van der Waals surface area contributed by atoms with Gasteiger partial charge in [0.2, 0.25) is 0 Å². The second-order valence-corrected chi connectivity index (χ2v) is 5.97. The van der Waals surface area contributed by atoms with E-state index < -0.39 is 23.4 Å². The second kappa shape index (κ2) is 4.17. The zero-order valence-corrected chi connectivity index (χ0v) is 10.9. The number of nitrogens with zero attached hydrogens (tertiary/aromatic N) is 1. The van der Waals surface area contributed by atoms with Crippen LogP contribution in [-0.2, 0) is 9.59 Å². The third-order valence-corrected chi connectivity index (χ3v) is 5.31. The number of carbonyl (C=O) groups is 2. The molecule has 1 N–H and O–H groups in total. The van der Waals surface area contributed by atoms with Gasteiger partial charge < -0.3 is 5.11 Å². The minimum Gasteiger partial charge on any atom is -0.389 e. The van der Waals surface area contributed by atoms with E-state index >= 15 is 0 Å². The Morgan fingerprint density at radius 2 is 2.22 bits per heavy atom. The van der Waals surface area contributed by atoms with Crippen molar-refractivity contribution < 1.29 is 14.7 Å². The van der Waals surface area contributed by atoms with E-state index in [1.165, 1.54) is 0 Å². The van der Waals surface area contributed by atoms with Crippen molar-refractivity contribution in [2.75, 3.05) is 6.61 Å². The summed E-state index contributed by atoms with van der Waals surface area (Å²) in [5, 5.41) is 18.7. The molecule has 4 nitrogen and oxygen atoms in total. The molecule has 98 valence electrons. The van der Waals surface area contributed by atoms with Crippen LogP contribution >= 0.6 is 0 Å². The first-order valence-corrected chi connectivity index (χ1v) is 6.50. The Labute approximate surface area is 107 Å². The molecule has 0 aromatic rings.